The summed E-state index contributed by atoms with van der Waals surface area (Å²) < 4.78 is 27.2. The van der Waals surface area contributed by atoms with E-state index < -0.39 is 16.1 Å². The molecule has 0 radical (unpaired) electrons. The minimum Gasteiger partial charge on any atom is -0.354 e. The quantitative estimate of drug-likeness (QED) is 0.259. The highest BCUT2D eigenvalue weighted by Crippen LogP contribution is 2.21. The maximum Gasteiger partial charge on any atom is 0.243 e. The molecule has 2 amide bonds. The molecular weight excluding hydrogens is 590 g/mol. The van der Waals surface area contributed by atoms with Gasteiger partial charge in [-0.1, -0.05) is 90.4 Å². The minimum atomic E-state index is -3.54. The van der Waals surface area contributed by atoms with E-state index in [1.54, 1.807) is 29.2 Å². The molecule has 9 heteroatoms. The van der Waals surface area contributed by atoms with Crippen LogP contribution in [0.1, 0.15) is 37.8 Å². The number of anilines is 1. The number of nitrogens with zero attached hydrogens (tertiary/aromatic N) is 2. The summed E-state index contributed by atoms with van der Waals surface area (Å²) in [5.74, 6) is -0.152. The second-order valence-electron chi connectivity index (χ2n) is 10.3. The van der Waals surface area contributed by atoms with Crippen molar-refractivity contribution < 1.29 is 18.0 Å². The Labute approximate surface area is 246 Å². The van der Waals surface area contributed by atoms with Crippen molar-refractivity contribution in [3.63, 3.8) is 0 Å². The summed E-state index contributed by atoms with van der Waals surface area (Å²) in [6, 6.07) is 25.5. The second kappa shape index (κ2) is 15.0. The van der Waals surface area contributed by atoms with E-state index in [4.69, 9.17) is 0 Å². The van der Waals surface area contributed by atoms with E-state index >= 15 is 0 Å². The summed E-state index contributed by atoms with van der Waals surface area (Å²) in [6.07, 6.45) is 1.93. The highest BCUT2D eigenvalue weighted by Gasteiger charge is 2.30. The van der Waals surface area contributed by atoms with Gasteiger partial charge in [0.05, 0.1) is 11.9 Å². The first kappa shape index (κ1) is 31.4. The summed E-state index contributed by atoms with van der Waals surface area (Å²) in [7, 11) is -3.54. The van der Waals surface area contributed by atoms with E-state index in [0.717, 1.165) is 21.9 Å². The number of sulfonamides is 1. The molecule has 0 heterocycles. The lowest BCUT2D eigenvalue weighted by Gasteiger charge is -2.32. The van der Waals surface area contributed by atoms with Crippen molar-refractivity contribution >= 4 is 43.5 Å². The standard InChI is InChI=1S/C31H38BrN3O4S/c1-24(2)22-33-31(37)29(21-25-12-6-4-7-13-25)34(23-26-14-10-15-27(32)20-26)30(36)18-11-19-35(40(3,38)39)28-16-8-5-9-17-28/h4-10,12-17,20,24,29H,11,18-19,21-23H2,1-3H3,(H,33,37)/t29-/m0/s1. The van der Waals surface area contributed by atoms with Gasteiger partial charge in [0.25, 0.3) is 0 Å². The lowest BCUT2D eigenvalue weighted by Crippen LogP contribution is -2.51. The van der Waals surface area contributed by atoms with Crippen LogP contribution < -0.4 is 9.62 Å². The van der Waals surface area contributed by atoms with Crippen LogP contribution in [0.15, 0.2) is 89.4 Å². The molecule has 1 N–H and O–H groups in total. The normalized spacial score (nSPS) is 12.1. The number of carbonyl (C=O) groups excluding carboxylic acids is 2. The summed E-state index contributed by atoms with van der Waals surface area (Å²) in [5, 5.41) is 3.02. The van der Waals surface area contributed by atoms with Gasteiger partial charge in [0.2, 0.25) is 21.8 Å². The average molecular weight is 629 g/mol. The number of para-hydroxylation sites is 1. The molecule has 3 aromatic rings. The highest BCUT2D eigenvalue weighted by atomic mass is 79.9. The van der Waals surface area contributed by atoms with E-state index in [0.29, 0.717) is 25.1 Å². The van der Waals surface area contributed by atoms with Gasteiger partial charge in [-0.25, -0.2) is 8.42 Å². The maximum atomic E-state index is 13.8. The van der Waals surface area contributed by atoms with Crippen molar-refractivity contribution in [2.24, 2.45) is 5.92 Å². The van der Waals surface area contributed by atoms with E-state index in [2.05, 4.69) is 21.2 Å². The SMILES string of the molecule is CC(C)CNC(=O)[C@H](Cc1ccccc1)N(Cc1cccc(Br)c1)C(=O)CCCN(c1ccccc1)S(C)(=O)=O. The molecule has 0 spiro atoms. The first-order valence-electron chi connectivity index (χ1n) is 13.4. The van der Waals surface area contributed by atoms with Crippen molar-refractivity contribution in [3.05, 3.63) is 101 Å². The van der Waals surface area contributed by atoms with Gasteiger partial charge in [-0.15, -0.1) is 0 Å². The summed E-state index contributed by atoms with van der Waals surface area (Å²) in [6.45, 7) is 4.96. The molecule has 0 saturated carbocycles. The van der Waals surface area contributed by atoms with Gasteiger partial charge in [-0.3, -0.25) is 13.9 Å². The average Bonchev–Trinajstić information content (AvgIpc) is 2.92. The molecule has 214 valence electrons. The van der Waals surface area contributed by atoms with Gasteiger partial charge < -0.3 is 10.2 Å². The van der Waals surface area contributed by atoms with E-state index in [9.17, 15) is 18.0 Å². The fourth-order valence-electron chi connectivity index (χ4n) is 4.41. The zero-order valence-corrected chi connectivity index (χ0v) is 25.7. The van der Waals surface area contributed by atoms with Crippen LogP contribution >= 0.6 is 15.9 Å². The maximum absolute atomic E-state index is 13.8. The number of benzene rings is 3. The van der Waals surface area contributed by atoms with Crippen molar-refractivity contribution in [1.29, 1.82) is 0 Å². The third-order valence-corrected chi connectivity index (χ3v) is 8.08. The van der Waals surface area contributed by atoms with Gasteiger partial charge in [-0.05, 0) is 47.7 Å². The number of amides is 2. The number of hydrogen-bond acceptors (Lipinski definition) is 4. The number of rotatable bonds is 14. The Morgan fingerprint density at radius 2 is 1.52 bits per heavy atom. The largest absolute Gasteiger partial charge is 0.354 e. The second-order valence-corrected chi connectivity index (χ2v) is 13.1. The van der Waals surface area contributed by atoms with Crippen LogP contribution in [0, 0.1) is 5.92 Å². The zero-order chi connectivity index (χ0) is 29.1. The third kappa shape index (κ3) is 9.78. The minimum absolute atomic E-state index is 0.0929. The molecular formula is C31H38BrN3O4S. The highest BCUT2D eigenvalue weighted by molar-refractivity contribution is 9.10. The van der Waals surface area contributed by atoms with Gasteiger partial charge in [0.1, 0.15) is 6.04 Å². The van der Waals surface area contributed by atoms with Crippen LogP contribution in [-0.2, 0) is 32.6 Å². The predicted octanol–water partition coefficient (Wildman–Crippen LogP) is 5.41. The van der Waals surface area contributed by atoms with Crippen LogP contribution in [0.2, 0.25) is 0 Å². The molecule has 0 aliphatic heterocycles. The van der Waals surface area contributed by atoms with Gasteiger partial charge in [0, 0.05) is 36.9 Å². The van der Waals surface area contributed by atoms with E-state index in [-0.39, 0.29) is 37.2 Å². The third-order valence-electron chi connectivity index (χ3n) is 6.39. The number of halogens is 1. The van der Waals surface area contributed by atoms with E-state index in [1.807, 2.05) is 74.5 Å². The van der Waals surface area contributed by atoms with Crippen LogP contribution in [0.5, 0.6) is 0 Å². The van der Waals surface area contributed by atoms with Crippen LogP contribution in [0.4, 0.5) is 5.69 Å². The first-order valence-corrected chi connectivity index (χ1v) is 16.1. The number of nitrogens with one attached hydrogen (secondary N) is 1. The van der Waals surface area contributed by atoms with Crippen LogP contribution in [0.25, 0.3) is 0 Å². The molecule has 0 aliphatic rings. The number of carbonyl (C=O) groups is 2. The molecule has 40 heavy (non-hydrogen) atoms. The van der Waals surface area contributed by atoms with Crippen molar-refractivity contribution in [2.45, 2.75) is 45.7 Å². The van der Waals surface area contributed by atoms with Gasteiger partial charge >= 0.3 is 0 Å². The summed E-state index contributed by atoms with van der Waals surface area (Å²) in [5.41, 5.74) is 2.39. The Morgan fingerprint density at radius 1 is 0.900 bits per heavy atom. The van der Waals surface area contributed by atoms with Gasteiger partial charge in [0.15, 0.2) is 0 Å². The Balaban J connectivity index is 1.87. The Hall–Kier alpha value is -3.17. The Kier molecular flexibility index (Phi) is 11.8. The Morgan fingerprint density at radius 3 is 2.12 bits per heavy atom. The fraction of sp³-hybridized carbons (Fsp3) is 0.355. The van der Waals surface area contributed by atoms with Crippen LogP contribution in [-0.4, -0.2) is 50.5 Å². The molecule has 1 atom stereocenters. The number of hydrogen-bond donors (Lipinski definition) is 1. The van der Waals surface area contributed by atoms with E-state index in [1.165, 1.54) is 4.31 Å². The van der Waals surface area contributed by atoms with Gasteiger partial charge in [-0.2, -0.15) is 0 Å². The molecule has 0 aromatic heterocycles. The molecule has 7 nitrogen and oxygen atoms in total. The fourth-order valence-corrected chi connectivity index (χ4v) is 5.82. The molecule has 0 fully saturated rings. The molecule has 0 aliphatic carbocycles. The summed E-state index contributed by atoms with van der Waals surface area (Å²) >= 11 is 3.50. The molecule has 0 bridgehead atoms. The molecule has 0 saturated heterocycles. The molecule has 3 rings (SSSR count). The lowest BCUT2D eigenvalue weighted by atomic mass is 10.0. The topological polar surface area (TPSA) is 86.8 Å². The van der Waals surface area contributed by atoms with Crippen molar-refractivity contribution in [1.82, 2.24) is 10.2 Å². The molecule has 0 unspecified atom stereocenters. The summed E-state index contributed by atoms with van der Waals surface area (Å²) in [4.78, 5) is 29.0. The van der Waals surface area contributed by atoms with Crippen LogP contribution in [0.3, 0.4) is 0 Å². The van der Waals surface area contributed by atoms with Crippen molar-refractivity contribution in [2.75, 3.05) is 23.7 Å². The first-order chi connectivity index (χ1) is 19.0. The van der Waals surface area contributed by atoms with Crippen molar-refractivity contribution in [3.8, 4) is 0 Å². The Bertz CT molecular complexity index is 1350. The lowest BCUT2D eigenvalue weighted by molar-refractivity contribution is -0.141. The predicted molar refractivity (Wildman–Crippen MR) is 164 cm³/mol. The smallest absolute Gasteiger partial charge is 0.243 e. The zero-order valence-electron chi connectivity index (χ0n) is 23.3. The monoisotopic (exact) mass is 627 g/mol. The molecule has 3 aromatic carbocycles.